The maximum absolute atomic E-state index is 5.97. The van der Waals surface area contributed by atoms with Crippen LogP contribution in [0.1, 0.15) is 4.88 Å². The largest absolute Gasteiger partial charge is 0.399 e. The molecule has 0 saturated carbocycles. The first-order chi connectivity index (χ1) is 15.2. The molecule has 0 spiro atoms. The van der Waals surface area contributed by atoms with Crippen LogP contribution in [-0.4, -0.2) is 20.2 Å². The van der Waals surface area contributed by atoms with Crippen LogP contribution in [-0.2, 0) is 0 Å². The normalized spacial score (nSPS) is 11.5. The zero-order valence-electron chi connectivity index (χ0n) is 16.8. The Kier molecular flexibility index (Phi) is 3.94. The minimum Gasteiger partial charge on any atom is -0.399 e. The highest BCUT2D eigenvalue weighted by Crippen LogP contribution is 2.36. The summed E-state index contributed by atoms with van der Waals surface area (Å²) >= 11 is 1.81. The SMILES string of the molecule is Cc1ccc(-c2cccc3[nH]c(-c4n[nH]c5ccc(-c6cccc(N)c6)nc45)cc23)s1. The monoisotopic (exact) mass is 421 g/mol. The third-order valence-electron chi connectivity index (χ3n) is 5.52. The van der Waals surface area contributed by atoms with Crippen LogP contribution in [0.5, 0.6) is 0 Å². The van der Waals surface area contributed by atoms with E-state index in [0.29, 0.717) is 0 Å². The van der Waals surface area contributed by atoms with E-state index >= 15 is 0 Å². The van der Waals surface area contributed by atoms with Gasteiger partial charge < -0.3 is 10.7 Å². The van der Waals surface area contributed by atoms with E-state index in [1.807, 2.05) is 47.7 Å². The predicted molar refractivity (Wildman–Crippen MR) is 129 cm³/mol. The first-order valence-electron chi connectivity index (χ1n) is 10.1. The number of hydrogen-bond donors (Lipinski definition) is 3. The number of benzene rings is 2. The van der Waals surface area contributed by atoms with Crippen LogP contribution in [0.15, 0.2) is 72.8 Å². The number of anilines is 1. The average molecular weight is 422 g/mol. The van der Waals surface area contributed by atoms with E-state index in [-0.39, 0.29) is 0 Å². The molecule has 6 heteroatoms. The summed E-state index contributed by atoms with van der Waals surface area (Å²) in [7, 11) is 0. The van der Waals surface area contributed by atoms with Crippen molar-refractivity contribution in [1.82, 2.24) is 20.2 Å². The zero-order valence-corrected chi connectivity index (χ0v) is 17.6. The second-order valence-corrected chi connectivity index (χ2v) is 8.94. The van der Waals surface area contributed by atoms with Gasteiger partial charge in [-0.05, 0) is 55.5 Å². The Morgan fingerprint density at radius 3 is 2.65 bits per heavy atom. The topological polar surface area (TPSA) is 83.4 Å². The number of nitrogen functional groups attached to an aromatic ring is 1. The Bertz CT molecular complexity index is 1570. The lowest BCUT2D eigenvalue weighted by Gasteiger charge is -2.02. The number of nitrogens with one attached hydrogen (secondary N) is 2. The summed E-state index contributed by atoms with van der Waals surface area (Å²) in [6.07, 6.45) is 0. The molecule has 4 heterocycles. The molecule has 4 aromatic heterocycles. The smallest absolute Gasteiger partial charge is 0.135 e. The number of nitrogens with zero attached hydrogens (tertiary/aromatic N) is 2. The summed E-state index contributed by atoms with van der Waals surface area (Å²) < 4.78 is 0. The van der Waals surface area contributed by atoms with Gasteiger partial charge >= 0.3 is 0 Å². The van der Waals surface area contributed by atoms with Gasteiger partial charge in [0.25, 0.3) is 0 Å². The molecule has 2 aromatic carbocycles. The minimum atomic E-state index is 0.721. The van der Waals surface area contributed by atoms with Gasteiger partial charge in [0.2, 0.25) is 0 Å². The van der Waals surface area contributed by atoms with Crippen molar-refractivity contribution in [3.63, 3.8) is 0 Å². The Morgan fingerprint density at radius 2 is 1.81 bits per heavy atom. The molecular formula is C25H19N5S. The average Bonchev–Trinajstić information content (AvgIpc) is 3.50. The molecule has 0 aliphatic rings. The molecular weight excluding hydrogens is 402 g/mol. The number of aryl methyl sites for hydroxylation is 1. The lowest BCUT2D eigenvalue weighted by molar-refractivity contribution is 1.12. The summed E-state index contributed by atoms with van der Waals surface area (Å²) in [5.74, 6) is 0. The number of thiophene rings is 1. The Balaban J connectivity index is 1.51. The van der Waals surface area contributed by atoms with Gasteiger partial charge in [-0.1, -0.05) is 24.3 Å². The van der Waals surface area contributed by atoms with Crippen molar-refractivity contribution in [2.45, 2.75) is 6.92 Å². The maximum atomic E-state index is 5.97. The standard InChI is InChI=1S/C25H19N5S/c1-14-8-11-23(31-14)17-6-3-7-20-18(17)13-22(27-20)25-24-21(29-30-25)10-9-19(28-24)15-4-2-5-16(26)12-15/h2-13,27H,26H2,1H3,(H,29,30). The highest BCUT2D eigenvalue weighted by Gasteiger charge is 2.15. The number of aromatic nitrogens is 4. The summed E-state index contributed by atoms with van der Waals surface area (Å²) in [5, 5.41) is 8.88. The molecule has 6 rings (SSSR count). The molecule has 0 aliphatic carbocycles. The van der Waals surface area contributed by atoms with E-state index in [4.69, 9.17) is 10.7 Å². The fourth-order valence-corrected chi connectivity index (χ4v) is 4.93. The van der Waals surface area contributed by atoms with Crippen LogP contribution in [0.4, 0.5) is 5.69 Å². The van der Waals surface area contributed by atoms with Gasteiger partial charge in [0.05, 0.1) is 16.9 Å². The third kappa shape index (κ3) is 3.00. The van der Waals surface area contributed by atoms with E-state index < -0.39 is 0 Å². The molecule has 0 amide bonds. The van der Waals surface area contributed by atoms with Crippen molar-refractivity contribution in [3.8, 4) is 33.1 Å². The summed E-state index contributed by atoms with van der Waals surface area (Å²) in [5.41, 5.74) is 14.3. The zero-order chi connectivity index (χ0) is 20.9. The first-order valence-corrected chi connectivity index (χ1v) is 10.9. The number of pyridine rings is 1. The van der Waals surface area contributed by atoms with Crippen molar-refractivity contribution in [3.05, 3.63) is 77.7 Å². The van der Waals surface area contributed by atoms with Crippen molar-refractivity contribution < 1.29 is 0 Å². The number of H-pyrrole nitrogens is 2. The number of rotatable bonds is 3. The molecule has 4 N–H and O–H groups in total. The van der Waals surface area contributed by atoms with Crippen LogP contribution < -0.4 is 5.73 Å². The van der Waals surface area contributed by atoms with Crippen molar-refractivity contribution in [1.29, 1.82) is 0 Å². The first kappa shape index (κ1) is 17.9. The third-order valence-corrected chi connectivity index (χ3v) is 6.55. The Labute approximate surface area is 182 Å². The van der Waals surface area contributed by atoms with E-state index in [1.54, 1.807) is 0 Å². The van der Waals surface area contributed by atoms with Gasteiger partial charge in [-0.25, -0.2) is 4.98 Å². The minimum absolute atomic E-state index is 0.721. The van der Waals surface area contributed by atoms with E-state index in [9.17, 15) is 0 Å². The molecule has 0 saturated heterocycles. The highest BCUT2D eigenvalue weighted by atomic mass is 32.1. The van der Waals surface area contributed by atoms with E-state index in [0.717, 1.165) is 44.9 Å². The van der Waals surface area contributed by atoms with Crippen LogP contribution >= 0.6 is 11.3 Å². The second kappa shape index (κ2) is 6.82. The molecule has 0 fully saturated rings. The number of hydrogen-bond acceptors (Lipinski definition) is 4. The predicted octanol–water partition coefficient (Wildman–Crippen LogP) is 6.39. The van der Waals surface area contributed by atoms with E-state index in [2.05, 4.69) is 58.5 Å². The lowest BCUT2D eigenvalue weighted by Crippen LogP contribution is -1.88. The summed E-state index contributed by atoms with van der Waals surface area (Å²) in [6.45, 7) is 2.14. The fourth-order valence-electron chi connectivity index (χ4n) is 4.02. The molecule has 6 aromatic rings. The summed E-state index contributed by atoms with van der Waals surface area (Å²) in [4.78, 5) is 11.0. The van der Waals surface area contributed by atoms with Gasteiger partial charge in [-0.3, -0.25) is 5.10 Å². The van der Waals surface area contributed by atoms with Crippen LogP contribution in [0.3, 0.4) is 0 Å². The molecule has 5 nitrogen and oxygen atoms in total. The lowest BCUT2D eigenvalue weighted by atomic mass is 10.1. The molecule has 31 heavy (non-hydrogen) atoms. The van der Waals surface area contributed by atoms with Gasteiger partial charge in [-0.2, -0.15) is 5.10 Å². The maximum Gasteiger partial charge on any atom is 0.135 e. The Morgan fingerprint density at radius 1 is 0.903 bits per heavy atom. The molecule has 0 unspecified atom stereocenters. The number of fused-ring (bicyclic) bond motifs is 2. The van der Waals surface area contributed by atoms with Gasteiger partial charge in [-0.15, -0.1) is 11.3 Å². The van der Waals surface area contributed by atoms with Crippen LogP contribution in [0.2, 0.25) is 0 Å². The quantitative estimate of drug-likeness (QED) is 0.289. The molecule has 0 aliphatic heterocycles. The van der Waals surface area contributed by atoms with Gasteiger partial charge in [0, 0.05) is 37.5 Å². The molecule has 150 valence electrons. The summed E-state index contributed by atoms with van der Waals surface area (Å²) in [6, 6.07) is 24.7. The fraction of sp³-hybridized carbons (Fsp3) is 0.0400. The van der Waals surface area contributed by atoms with Crippen LogP contribution in [0, 0.1) is 6.92 Å². The van der Waals surface area contributed by atoms with Gasteiger partial charge in [0.15, 0.2) is 0 Å². The highest BCUT2D eigenvalue weighted by molar-refractivity contribution is 7.15. The molecule has 0 radical (unpaired) electrons. The second-order valence-electron chi connectivity index (χ2n) is 7.65. The van der Waals surface area contributed by atoms with E-state index in [1.165, 1.54) is 20.7 Å². The van der Waals surface area contributed by atoms with Gasteiger partial charge in [0.1, 0.15) is 11.2 Å². The Hall–Kier alpha value is -3.90. The molecule has 0 atom stereocenters. The number of nitrogens with two attached hydrogens (primary N) is 1. The van der Waals surface area contributed by atoms with Crippen molar-refractivity contribution in [2.75, 3.05) is 5.73 Å². The molecule has 0 bridgehead atoms. The van der Waals surface area contributed by atoms with Crippen molar-refractivity contribution in [2.24, 2.45) is 0 Å². The van der Waals surface area contributed by atoms with Crippen LogP contribution in [0.25, 0.3) is 55.0 Å². The van der Waals surface area contributed by atoms with Crippen molar-refractivity contribution >= 4 is 39.0 Å². The number of aromatic amines is 2.